The molecule has 1 atom stereocenters. The Morgan fingerprint density at radius 1 is 0.681 bits per heavy atom. The highest BCUT2D eigenvalue weighted by Crippen LogP contribution is 2.39. The first kappa shape index (κ1) is 51.2. The highest BCUT2D eigenvalue weighted by molar-refractivity contribution is 6.74. The summed E-state index contributed by atoms with van der Waals surface area (Å²) in [5.41, 5.74) is 1.03. The number of H-pyrrole nitrogens is 2. The van der Waals surface area contributed by atoms with Gasteiger partial charge in [0.2, 0.25) is 0 Å². The molecule has 8 heterocycles. The molecule has 0 spiro atoms. The number of pyridine rings is 4. The quantitative estimate of drug-likeness (QED) is 0.0976. The molecule has 7 aromatic heterocycles. The summed E-state index contributed by atoms with van der Waals surface area (Å²) in [6, 6.07) is 17.5. The predicted octanol–water partition coefficient (Wildman–Crippen LogP) is 13.6. The van der Waals surface area contributed by atoms with Gasteiger partial charge < -0.3 is 4.74 Å². The normalized spacial score (nSPS) is 14.0. The Morgan fingerprint density at radius 2 is 1.32 bits per heavy atom. The molecule has 0 radical (unpaired) electrons. The van der Waals surface area contributed by atoms with Crippen LogP contribution in [0.4, 0.5) is 35.1 Å². The number of fused-ring (bicyclic) bond motifs is 2. The van der Waals surface area contributed by atoms with Crippen LogP contribution < -0.4 is 0 Å². The number of alkyl halides is 6. The number of nitrogens with one attached hydrogen (secondary N) is 2. The second-order valence-electron chi connectivity index (χ2n) is 17.8. The number of rotatable bonds is 5. The van der Waals surface area contributed by atoms with Crippen molar-refractivity contribution in [2.45, 2.75) is 64.0 Å². The molecule has 1 aliphatic heterocycles. The van der Waals surface area contributed by atoms with E-state index in [0.717, 1.165) is 19.0 Å². The average molecular weight is 1050 g/mol. The lowest BCUT2D eigenvalue weighted by atomic mass is 10.1. The van der Waals surface area contributed by atoms with Crippen LogP contribution in [-0.4, -0.2) is 70.0 Å². The third kappa shape index (κ3) is 12.3. The van der Waals surface area contributed by atoms with E-state index < -0.39 is 49.7 Å². The van der Waals surface area contributed by atoms with E-state index in [1.807, 2.05) is 5.10 Å². The van der Waals surface area contributed by atoms with E-state index in [-0.39, 0.29) is 44.8 Å². The summed E-state index contributed by atoms with van der Waals surface area (Å²) in [5.74, 6) is 4.37. The largest absolute Gasteiger partial charge is 0.435 e. The number of hydrogen-bond donors (Lipinski definition) is 2. The van der Waals surface area contributed by atoms with Gasteiger partial charge in [-0.05, 0) is 98.0 Å². The fourth-order valence-corrected chi connectivity index (χ4v) is 7.47. The summed E-state index contributed by atoms with van der Waals surface area (Å²) in [4.78, 5) is 17.3. The summed E-state index contributed by atoms with van der Waals surface area (Å²) < 4.78 is 116. The fraction of sp³-hybridized carbons (Fsp3) is 0.224. The fourth-order valence-electron chi connectivity index (χ4n) is 7.12. The molecule has 10 rings (SSSR count). The number of benzene rings is 2. The van der Waals surface area contributed by atoms with Crippen LogP contribution in [0.1, 0.15) is 48.1 Å². The van der Waals surface area contributed by atoms with Gasteiger partial charge in [-0.2, -0.15) is 52.0 Å². The summed E-state index contributed by atoms with van der Waals surface area (Å²) >= 11 is 11.9. The van der Waals surface area contributed by atoms with Crippen molar-refractivity contribution in [3.63, 3.8) is 0 Å². The molecule has 12 nitrogen and oxygen atoms in total. The maximum absolute atomic E-state index is 14.4. The lowest BCUT2D eigenvalue weighted by Crippen LogP contribution is -2.19. The zero-order valence-corrected chi connectivity index (χ0v) is 40.9. The molecule has 1 aliphatic rings. The van der Waals surface area contributed by atoms with E-state index in [1.165, 1.54) is 71.8 Å². The molecule has 2 N–H and O–H groups in total. The molecule has 23 heteroatoms. The zero-order chi connectivity index (χ0) is 51.5. The first-order valence-electron chi connectivity index (χ1n) is 21.9. The molecule has 370 valence electrons. The molecule has 0 aliphatic carbocycles. The van der Waals surface area contributed by atoms with Gasteiger partial charge >= 0.3 is 12.4 Å². The third-order valence-corrected chi connectivity index (χ3v) is 10.8. The van der Waals surface area contributed by atoms with Crippen LogP contribution in [0.5, 0.6) is 0 Å². The molecule has 0 amide bonds. The van der Waals surface area contributed by atoms with Gasteiger partial charge in [-0.3, -0.25) is 15.1 Å². The van der Waals surface area contributed by atoms with Gasteiger partial charge in [0, 0.05) is 71.1 Å². The first-order chi connectivity index (χ1) is 34.1. The number of halogens is 10. The molecule has 1 fully saturated rings. The van der Waals surface area contributed by atoms with Crippen LogP contribution in [0.25, 0.3) is 67.0 Å². The number of nitrogens with zero attached hydrogens (tertiary/aromatic N) is 9. The van der Waals surface area contributed by atoms with Crippen LogP contribution in [0.15, 0.2) is 97.6 Å². The van der Waals surface area contributed by atoms with E-state index in [4.69, 9.17) is 27.9 Å². The van der Waals surface area contributed by atoms with Gasteiger partial charge in [0.1, 0.15) is 40.6 Å². The highest BCUT2D eigenvalue weighted by atomic mass is 35.5. The van der Waals surface area contributed by atoms with Gasteiger partial charge in [-0.1, -0.05) is 55.3 Å². The Bertz CT molecular complexity index is 3480. The minimum absolute atomic E-state index is 0.110. The Labute approximate surface area is 416 Å². The van der Waals surface area contributed by atoms with Crippen LogP contribution in [0.3, 0.4) is 0 Å². The molecular formula is C49H39Cl2F8N11OSi. The number of ether oxygens (including phenoxy) is 1. The minimum atomic E-state index is -4.66. The van der Waals surface area contributed by atoms with Crippen molar-refractivity contribution in [1.29, 1.82) is 0 Å². The highest BCUT2D eigenvalue weighted by Gasteiger charge is 2.39. The number of aromatic amines is 2. The topological polar surface area (TPSA) is 149 Å². The van der Waals surface area contributed by atoms with Crippen molar-refractivity contribution in [1.82, 2.24) is 55.3 Å². The van der Waals surface area contributed by atoms with Crippen molar-refractivity contribution >= 4 is 53.3 Å². The summed E-state index contributed by atoms with van der Waals surface area (Å²) in [5, 5.41) is 20.5. The number of aromatic nitrogens is 11. The maximum Gasteiger partial charge on any atom is 0.435 e. The zero-order valence-electron chi connectivity index (χ0n) is 38.4. The van der Waals surface area contributed by atoms with E-state index >= 15 is 0 Å². The maximum atomic E-state index is 14.4. The summed E-state index contributed by atoms with van der Waals surface area (Å²) in [6.07, 6.45) is -2.41. The monoisotopic (exact) mass is 1050 g/mol. The van der Waals surface area contributed by atoms with E-state index in [2.05, 4.69) is 83.6 Å². The molecule has 0 bridgehead atoms. The Hall–Kier alpha value is -7.12. The molecular weight excluding hydrogens is 1010 g/mol. The van der Waals surface area contributed by atoms with Crippen molar-refractivity contribution in [2.75, 3.05) is 6.61 Å². The molecule has 1 saturated heterocycles. The van der Waals surface area contributed by atoms with Gasteiger partial charge in [0.15, 0.2) is 5.69 Å². The Kier molecular flexibility index (Phi) is 14.9. The molecule has 1 unspecified atom stereocenters. The number of hydrogen-bond acceptors (Lipinski definition) is 9. The van der Waals surface area contributed by atoms with E-state index in [0.29, 0.717) is 56.5 Å². The first-order valence-corrected chi connectivity index (χ1v) is 26.6. The van der Waals surface area contributed by atoms with Crippen molar-refractivity contribution in [3.8, 4) is 56.7 Å². The minimum Gasteiger partial charge on any atom is -0.357 e. The van der Waals surface area contributed by atoms with Gasteiger partial charge in [0.05, 0.1) is 39.5 Å². The van der Waals surface area contributed by atoms with Gasteiger partial charge in [-0.15, -0.1) is 0 Å². The van der Waals surface area contributed by atoms with E-state index in [9.17, 15) is 35.1 Å². The van der Waals surface area contributed by atoms with Crippen LogP contribution >= 0.6 is 23.2 Å². The summed E-state index contributed by atoms with van der Waals surface area (Å²) in [6.45, 7) is 9.78. The standard InChI is InChI=1S/C25H17ClF4N4O.C20H10ClF4N7.C4H12Si/c26-17-5-8-20(27)15(11-17)4-6-18-7-9-21-22(32-18)12-16(13-31-21)19-14-34(23-3-1-2-10-35-23)33-24(19)25(28,29)30;21-10-1-2-13(22)11(6-10)17-18(30-32-29-17)15-4-3-14-16(28-15)5-9(7-26-14)12-8-27-31-19(12)20(23,24)25;1-5(2,3)4/h5,7-9,11-14,23H,1-3,10H2;1-8H,(H,27,31)(H,29,30,32);1-4H3. The average Bonchev–Trinajstić information content (AvgIpc) is 4.14. The van der Waals surface area contributed by atoms with Crippen molar-refractivity contribution in [2.24, 2.45) is 0 Å². The van der Waals surface area contributed by atoms with Gasteiger partial charge in [0.25, 0.3) is 0 Å². The van der Waals surface area contributed by atoms with Crippen LogP contribution in [-0.2, 0) is 17.1 Å². The predicted molar refractivity (Wildman–Crippen MR) is 259 cm³/mol. The third-order valence-electron chi connectivity index (χ3n) is 10.3. The van der Waals surface area contributed by atoms with E-state index in [1.54, 1.807) is 24.3 Å². The Balaban J connectivity index is 0.000000177. The smallest absolute Gasteiger partial charge is 0.357 e. The second-order valence-corrected chi connectivity index (χ2v) is 24.7. The van der Waals surface area contributed by atoms with Crippen molar-refractivity contribution in [3.05, 3.63) is 142 Å². The van der Waals surface area contributed by atoms with Crippen LogP contribution in [0.2, 0.25) is 36.2 Å². The van der Waals surface area contributed by atoms with Crippen LogP contribution in [0, 0.1) is 23.5 Å². The SMILES string of the molecule is C[Si](C)(C)C.Fc1ccc(Cl)cc1-c1n[nH]nc1-c1ccc2ncc(-c3cn[nH]c3C(F)(F)F)cc2n1.Fc1ccc(Cl)cc1C#Cc1ccc2ncc(-c3cn(C4CCCCO4)nc3C(F)(F)F)cc2n1. The summed E-state index contributed by atoms with van der Waals surface area (Å²) in [7, 11) is -0.611. The molecule has 72 heavy (non-hydrogen) atoms. The second kappa shape index (κ2) is 20.9. The Morgan fingerprint density at radius 3 is 1.99 bits per heavy atom. The van der Waals surface area contributed by atoms with Crippen molar-refractivity contribution < 1.29 is 39.9 Å². The molecule has 2 aromatic carbocycles. The molecule has 9 aromatic rings. The lowest BCUT2D eigenvalue weighted by molar-refractivity contribution is -0.142. The lowest BCUT2D eigenvalue weighted by Gasteiger charge is -2.22. The molecule has 0 saturated carbocycles. The van der Waals surface area contributed by atoms with Gasteiger partial charge in [-0.25, -0.2) is 23.4 Å².